The molecule has 0 radical (unpaired) electrons. The summed E-state index contributed by atoms with van der Waals surface area (Å²) < 4.78 is 30.5. The lowest BCUT2D eigenvalue weighted by molar-refractivity contribution is -0.284. The Kier molecular flexibility index (Phi) is 21.2. The molecule has 2 saturated heterocycles. The molecule has 3 heterocycles. The van der Waals surface area contributed by atoms with Crippen LogP contribution >= 0.6 is 0 Å². The predicted molar refractivity (Wildman–Crippen MR) is 251 cm³/mol. The van der Waals surface area contributed by atoms with Gasteiger partial charge in [0.1, 0.15) is 24.0 Å². The SMILES string of the molecule is CO[C@H]1C[C@@H]2CC[C@@H](C)[C@](O)(CC(=O)N3CCCC[C@H]3C(=O)O[C@H]([C@H](C)C[C@@H]3CC[C@@H](C)[C@H](OC)C3)CC(=O)[C@H](C)/C=C(\C)[C@@H](C)[C@@H](OC)C(=O)[C@H](C)C[C@H](C)/C=C/C=CC=C1C)O2. The maximum absolute atomic E-state index is 14.4. The van der Waals surface area contributed by atoms with E-state index in [9.17, 15) is 24.3 Å². The average molecular weight is 896 g/mol. The number of methoxy groups -OCH3 is 3. The van der Waals surface area contributed by atoms with Gasteiger partial charge in [0.25, 0.3) is 0 Å². The Labute approximate surface area is 386 Å². The molecule has 1 saturated carbocycles. The second-order valence-corrected chi connectivity index (χ2v) is 20.4. The minimum Gasteiger partial charge on any atom is -0.460 e. The zero-order chi connectivity index (χ0) is 47.3. The van der Waals surface area contributed by atoms with Gasteiger partial charge >= 0.3 is 5.97 Å². The van der Waals surface area contributed by atoms with Crippen LogP contribution in [0.2, 0.25) is 0 Å². The summed E-state index contributed by atoms with van der Waals surface area (Å²) >= 11 is 0. The van der Waals surface area contributed by atoms with Crippen LogP contribution in [-0.4, -0.2) is 104 Å². The highest BCUT2D eigenvalue weighted by atomic mass is 16.6. The van der Waals surface area contributed by atoms with Crippen LogP contribution in [-0.2, 0) is 42.9 Å². The number of allylic oxidation sites excluding steroid dienone is 6. The quantitative estimate of drug-likeness (QED) is 0.203. The van der Waals surface area contributed by atoms with E-state index >= 15 is 0 Å². The largest absolute Gasteiger partial charge is 0.460 e. The lowest BCUT2D eigenvalue weighted by Crippen LogP contribution is -2.55. The summed E-state index contributed by atoms with van der Waals surface area (Å²) in [5.74, 6) is -3.08. The van der Waals surface area contributed by atoms with E-state index in [2.05, 4.69) is 26.8 Å². The number of hydrogen-bond donors (Lipinski definition) is 1. The Bertz CT molecular complexity index is 1670. The number of hydrogen-bond acceptors (Lipinski definition) is 10. The van der Waals surface area contributed by atoms with Crippen LogP contribution in [0.3, 0.4) is 0 Å². The van der Waals surface area contributed by atoms with Crippen LogP contribution in [0.5, 0.6) is 0 Å². The first-order valence-electron chi connectivity index (χ1n) is 24.6. The molecule has 0 aromatic heterocycles. The molecule has 4 aliphatic rings. The van der Waals surface area contributed by atoms with Crippen LogP contribution in [0.1, 0.15) is 146 Å². The average Bonchev–Trinajstić information content (AvgIpc) is 3.26. The van der Waals surface area contributed by atoms with Gasteiger partial charge in [-0.25, -0.2) is 4.79 Å². The van der Waals surface area contributed by atoms with E-state index in [4.69, 9.17) is 23.7 Å². The molecular formula is C53H85NO10. The molecule has 1 amide bonds. The Morgan fingerprint density at radius 2 is 1.58 bits per heavy atom. The lowest BCUT2D eigenvalue weighted by Gasteiger charge is -2.44. The molecule has 2 bridgehead atoms. The molecule has 0 aromatic carbocycles. The molecule has 64 heavy (non-hydrogen) atoms. The molecule has 3 aliphatic heterocycles. The third-order valence-electron chi connectivity index (χ3n) is 15.3. The Morgan fingerprint density at radius 3 is 2.27 bits per heavy atom. The number of esters is 1. The van der Waals surface area contributed by atoms with Crippen molar-refractivity contribution in [2.45, 2.75) is 188 Å². The van der Waals surface area contributed by atoms with Crippen molar-refractivity contribution in [3.8, 4) is 0 Å². The standard InChI is InChI=1S/C53H85NO10/c1-33-18-14-13-15-19-34(2)47(61-11)30-43-24-22-40(8)53(59,64-43)32-49(56)54-25-17-16-20-44(54)52(58)63-48(38(6)28-42-23-21-35(3)46(29-42)60-10)31-45(55)37(5)27-36(4)41(9)51(62-12)50(57)39(7)26-33/h13-15,18-19,27,33,35,37-44,46-48,51,59H,16-17,20-26,28-32H2,1-12H3/b15-13?,18-14+,34-19?,36-27+/t33-,35-,37-,38-,39-,40-,41-,42+,43+,44+,46-,47+,48+,51-,53+/m1/s1. The number of fused-ring (bicyclic) bond motifs is 3. The minimum atomic E-state index is -1.71. The van der Waals surface area contributed by atoms with Gasteiger partial charge in [0.15, 0.2) is 11.6 Å². The van der Waals surface area contributed by atoms with E-state index < -0.39 is 35.9 Å². The number of Topliss-reactive ketones (excluding diaryl/α,β-unsaturated/α-hetero) is 2. The Morgan fingerprint density at radius 1 is 0.844 bits per heavy atom. The summed E-state index contributed by atoms with van der Waals surface area (Å²) in [5.41, 5.74) is 1.89. The maximum Gasteiger partial charge on any atom is 0.329 e. The third kappa shape index (κ3) is 14.8. The molecule has 1 aliphatic carbocycles. The van der Waals surface area contributed by atoms with Crippen molar-refractivity contribution in [1.29, 1.82) is 0 Å². The summed E-state index contributed by atoms with van der Waals surface area (Å²) in [5, 5.41) is 12.0. The number of cyclic esters (lactones) is 1. The van der Waals surface area contributed by atoms with Crippen LogP contribution in [0.25, 0.3) is 0 Å². The fraction of sp³-hybridized carbons (Fsp3) is 0.774. The number of aliphatic hydroxyl groups is 1. The van der Waals surface area contributed by atoms with Gasteiger partial charge < -0.3 is 33.7 Å². The van der Waals surface area contributed by atoms with E-state index in [-0.39, 0.29) is 78.2 Å². The Balaban J connectivity index is 1.67. The summed E-state index contributed by atoms with van der Waals surface area (Å²) in [6.45, 7) is 18.4. The summed E-state index contributed by atoms with van der Waals surface area (Å²) in [4.78, 5) is 58.4. The number of carbonyl (C=O) groups is 4. The topological polar surface area (TPSA) is 138 Å². The second kappa shape index (κ2) is 25.3. The fourth-order valence-corrected chi connectivity index (χ4v) is 10.7. The van der Waals surface area contributed by atoms with Gasteiger partial charge in [-0.05, 0) is 107 Å². The number of amides is 1. The fourth-order valence-electron chi connectivity index (χ4n) is 10.7. The number of nitrogens with zero attached hydrogens (tertiary/aromatic N) is 1. The van der Waals surface area contributed by atoms with Gasteiger partial charge in [-0.2, -0.15) is 0 Å². The second-order valence-electron chi connectivity index (χ2n) is 20.4. The number of carbonyl (C=O) groups excluding carboxylic acids is 4. The van der Waals surface area contributed by atoms with Crippen molar-refractivity contribution in [2.75, 3.05) is 27.9 Å². The van der Waals surface area contributed by atoms with Gasteiger partial charge in [-0.3, -0.25) is 14.4 Å². The van der Waals surface area contributed by atoms with Gasteiger partial charge in [-0.1, -0.05) is 90.5 Å². The van der Waals surface area contributed by atoms with Crippen LogP contribution in [0.4, 0.5) is 0 Å². The molecule has 0 spiro atoms. The minimum absolute atomic E-state index is 0.0254. The molecule has 15 atom stereocenters. The van der Waals surface area contributed by atoms with Crippen LogP contribution in [0, 0.1) is 47.3 Å². The molecule has 0 aromatic rings. The molecule has 11 nitrogen and oxygen atoms in total. The smallest absolute Gasteiger partial charge is 0.329 e. The number of piperidine rings is 1. The van der Waals surface area contributed by atoms with Crippen LogP contribution < -0.4 is 0 Å². The molecule has 11 heteroatoms. The van der Waals surface area contributed by atoms with E-state index in [1.807, 2.05) is 71.9 Å². The number of ketones is 2. The zero-order valence-corrected chi connectivity index (χ0v) is 41.5. The number of ether oxygens (including phenoxy) is 5. The maximum atomic E-state index is 14.4. The van der Waals surface area contributed by atoms with Gasteiger partial charge in [0, 0.05) is 64.4 Å². The van der Waals surface area contributed by atoms with E-state index in [1.165, 1.54) is 0 Å². The van der Waals surface area contributed by atoms with Gasteiger partial charge in [0.05, 0.1) is 24.7 Å². The highest BCUT2D eigenvalue weighted by molar-refractivity contribution is 5.87. The molecule has 3 fully saturated rings. The summed E-state index contributed by atoms with van der Waals surface area (Å²) in [6.07, 6.45) is 18.1. The van der Waals surface area contributed by atoms with Crippen molar-refractivity contribution < 1.29 is 48.0 Å². The van der Waals surface area contributed by atoms with Crippen molar-refractivity contribution in [1.82, 2.24) is 4.90 Å². The molecule has 4 rings (SSSR count). The van der Waals surface area contributed by atoms with Gasteiger partial charge in [0.2, 0.25) is 5.91 Å². The molecule has 362 valence electrons. The zero-order valence-electron chi connectivity index (χ0n) is 41.5. The lowest BCUT2D eigenvalue weighted by atomic mass is 9.76. The highest BCUT2D eigenvalue weighted by Gasteiger charge is 2.46. The summed E-state index contributed by atoms with van der Waals surface area (Å²) in [6, 6.07) is -0.836. The number of rotatable bonds is 6. The predicted octanol–water partition coefficient (Wildman–Crippen LogP) is 9.55. The van der Waals surface area contributed by atoms with Crippen LogP contribution in [0.15, 0.2) is 47.6 Å². The molecular weight excluding hydrogens is 811 g/mol. The first-order valence-corrected chi connectivity index (χ1v) is 24.6. The van der Waals surface area contributed by atoms with E-state index in [1.54, 1.807) is 26.2 Å². The van der Waals surface area contributed by atoms with E-state index in [0.29, 0.717) is 50.5 Å². The van der Waals surface area contributed by atoms with Crippen molar-refractivity contribution in [3.63, 3.8) is 0 Å². The first kappa shape index (κ1) is 53.7. The highest BCUT2D eigenvalue weighted by Crippen LogP contribution is 2.39. The van der Waals surface area contributed by atoms with Crippen molar-refractivity contribution in [2.24, 2.45) is 47.3 Å². The third-order valence-corrected chi connectivity index (χ3v) is 15.3. The monoisotopic (exact) mass is 896 g/mol. The normalized spacial score (nSPS) is 39.5. The summed E-state index contributed by atoms with van der Waals surface area (Å²) in [7, 11) is 5.00. The van der Waals surface area contributed by atoms with Crippen molar-refractivity contribution in [3.05, 3.63) is 47.6 Å². The van der Waals surface area contributed by atoms with Gasteiger partial charge in [-0.15, -0.1) is 0 Å². The van der Waals surface area contributed by atoms with Crippen molar-refractivity contribution >= 4 is 23.4 Å². The Hall–Kier alpha value is -2.96. The van der Waals surface area contributed by atoms with E-state index in [0.717, 1.165) is 49.7 Å². The first-order chi connectivity index (χ1) is 30.3. The molecule has 1 N–H and O–H groups in total. The molecule has 0 unspecified atom stereocenters.